The summed E-state index contributed by atoms with van der Waals surface area (Å²) in [6, 6.07) is 6.91. The average molecular weight is 215 g/mol. The molecular formula is C15H21N. The van der Waals surface area contributed by atoms with Crippen molar-refractivity contribution in [2.75, 3.05) is 0 Å². The molecule has 0 spiro atoms. The van der Waals surface area contributed by atoms with Crippen molar-refractivity contribution in [1.82, 2.24) is 4.57 Å². The average Bonchev–Trinajstić information content (AvgIpc) is 2.59. The van der Waals surface area contributed by atoms with Gasteiger partial charge in [-0.15, -0.1) is 0 Å². The predicted molar refractivity (Wildman–Crippen MR) is 71.1 cm³/mol. The lowest BCUT2D eigenvalue weighted by atomic mass is 9.93. The molecule has 2 rings (SSSR count). The van der Waals surface area contributed by atoms with Crippen molar-refractivity contribution in [3.63, 3.8) is 0 Å². The van der Waals surface area contributed by atoms with E-state index in [1.54, 1.807) is 0 Å². The largest absolute Gasteiger partial charge is 0.350 e. The summed E-state index contributed by atoms with van der Waals surface area (Å²) in [6.45, 7) is 9.06. The first-order valence-corrected chi connectivity index (χ1v) is 6.09. The standard InChI is InChI=1S/C15H21N/c1-10(2)13-8-12-6-7-16(5)15(12)14(9-13)11(3)4/h6-11H,1-5H3. The van der Waals surface area contributed by atoms with Crippen LogP contribution in [0.25, 0.3) is 10.9 Å². The van der Waals surface area contributed by atoms with E-state index in [4.69, 9.17) is 0 Å². The molecule has 0 fully saturated rings. The summed E-state index contributed by atoms with van der Waals surface area (Å²) in [4.78, 5) is 0. The van der Waals surface area contributed by atoms with E-state index in [9.17, 15) is 0 Å². The second-order valence-electron chi connectivity index (χ2n) is 5.28. The van der Waals surface area contributed by atoms with Crippen LogP contribution in [-0.2, 0) is 7.05 Å². The van der Waals surface area contributed by atoms with Crippen molar-refractivity contribution in [3.05, 3.63) is 35.5 Å². The summed E-state index contributed by atoms with van der Waals surface area (Å²) in [7, 11) is 2.13. The smallest absolute Gasteiger partial charge is 0.0513 e. The van der Waals surface area contributed by atoms with E-state index in [2.05, 4.69) is 63.7 Å². The van der Waals surface area contributed by atoms with Gasteiger partial charge in [-0.2, -0.15) is 0 Å². The molecule has 1 nitrogen and oxygen atoms in total. The molecule has 1 aromatic carbocycles. The van der Waals surface area contributed by atoms with Crippen molar-refractivity contribution in [2.24, 2.45) is 7.05 Å². The number of aryl methyl sites for hydroxylation is 1. The van der Waals surface area contributed by atoms with Crippen LogP contribution in [0.3, 0.4) is 0 Å². The van der Waals surface area contributed by atoms with E-state index in [0.29, 0.717) is 11.8 Å². The zero-order valence-electron chi connectivity index (χ0n) is 10.9. The lowest BCUT2D eigenvalue weighted by molar-refractivity contribution is 0.832. The van der Waals surface area contributed by atoms with E-state index in [-0.39, 0.29) is 0 Å². The van der Waals surface area contributed by atoms with Crippen LogP contribution in [0.5, 0.6) is 0 Å². The Morgan fingerprint density at radius 1 is 1.00 bits per heavy atom. The zero-order valence-corrected chi connectivity index (χ0v) is 10.9. The Hall–Kier alpha value is -1.24. The number of fused-ring (bicyclic) bond motifs is 1. The quantitative estimate of drug-likeness (QED) is 0.698. The van der Waals surface area contributed by atoms with Gasteiger partial charge in [-0.25, -0.2) is 0 Å². The minimum atomic E-state index is 0.579. The molecule has 0 bridgehead atoms. The molecule has 2 aromatic rings. The van der Waals surface area contributed by atoms with E-state index >= 15 is 0 Å². The summed E-state index contributed by atoms with van der Waals surface area (Å²) in [6.07, 6.45) is 2.15. The van der Waals surface area contributed by atoms with Crippen LogP contribution < -0.4 is 0 Å². The maximum Gasteiger partial charge on any atom is 0.0513 e. The number of rotatable bonds is 2. The van der Waals surface area contributed by atoms with Gasteiger partial charge in [0.05, 0.1) is 5.52 Å². The van der Waals surface area contributed by atoms with E-state index in [1.165, 1.54) is 22.0 Å². The van der Waals surface area contributed by atoms with Crippen molar-refractivity contribution in [2.45, 2.75) is 39.5 Å². The third kappa shape index (κ3) is 1.75. The third-order valence-electron chi connectivity index (χ3n) is 3.31. The molecule has 86 valence electrons. The highest BCUT2D eigenvalue weighted by Crippen LogP contribution is 2.30. The minimum Gasteiger partial charge on any atom is -0.350 e. The normalized spacial score (nSPS) is 11.9. The van der Waals surface area contributed by atoms with Gasteiger partial charge < -0.3 is 4.57 Å². The van der Waals surface area contributed by atoms with Crippen molar-refractivity contribution in [3.8, 4) is 0 Å². The van der Waals surface area contributed by atoms with Gasteiger partial charge in [0.1, 0.15) is 0 Å². The Morgan fingerprint density at radius 2 is 1.69 bits per heavy atom. The van der Waals surface area contributed by atoms with E-state index in [1.807, 2.05) is 0 Å². The van der Waals surface area contributed by atoms with Gasteiger partial charge in [0.15, 0.2) is 0 Å². The van der Waals surface area contributed by atoms with Crippen LogP contribution in [0.15, 0.2) is 24.4 Å². The fourth-order valence-electron chi connectivity index (χ4n) is 2.28. The number of hydrogen-bond acceptors (Lipinski definition) is 0. The Morgan fingerprint density at radius 3 is 2.25 bits per heavy atom. The number of nitrogens with zero attached hydrogens (tertiary/aromatic N) is 1. The van der Waals surface area contributed by atoms with Gasteiger partial charge in [0, 0.05) is 18.6 Å². The van der Waals surface area contributed by atoms with Crippen LogP contribution in [0, 0.1) is 0 Å². The second kappa shape index (κ2) is 3.97. The molecule has 1 aromatic heterocycles. The molecule has 0 aliphatic heterocycles. The van der Waals surface area contributed by atoms with Crippen molar-refractivity contribution >= 4 is 10.9 Å². The molecule has 16 heavy (non-hydrogen) atoms. The fourth-order valence-corrected chi connectivity index (χ4v) is 2.28. The van der Waals surface area contributed by atoms with Gasteiger partial charge >= 0.3 is 0 Å². The number of aromatic nitrogens is 1. The highest BCUT2D eigenvalue weighted by molar-refractivity contribution is 5.84. The monoisotopic (exact) mass is 215 g/mol. The first-order valence-electron chi connectivity index (χ1n) is 6.09. The highest BCUT2D eigenvalue weighted by atomic mass is 14.9. The van der Waals surface area contributed by atoms with Gasteiger partial charge in [-0.1, -0.05) is 33.8 Å². The van der Waals surface area contributed by atoms with Gasteiger partial charge in [-0.05, 0) is 35.1 Å². The van der Waals surface area contributed by atoms with Crippen LogP contribution in [0.2, 0.25) is 0 Å². The maximum absolute atomic E-state index is 2.37. The zero-order chi connectivity index (χ0) is 11.9. The summed E-state index contributed by atoms with van der Waals surface area (Å²) in [5.41, 5.74) is 4.30. The summed E-state index contributed by atoms with van der Waals surface area (Å²) in [5.74, 6) is 1.18. The lowest BCUT2D eigenvalue weighted by Crippen LogP contribution is -1.97. The van der Waals surface area contributed by atoms with E-state index < -0.39 is 0 Å². The molecule has 0 aliphatic rings. The molecule has 0 radical (unpaired) electrons. The van der Waals surface area contributed by atoms with Gasteiger partial charge in [0.25, 0.3) is 0 Å². The van der Waals surface area contributed by atoms with Crippen molar-refractivity contribution < 1.29 is 0 Å². The lowest BCUT2D eigenvalue weighted by Gasteiger charge is -2.14. The van der Waals surface area contributed by atoms with Crippen LogP contribution in [0.1, 0.15) is 50.7 Å². The number of benzene rings is 1. The molecular weight excluding hydrogens is 194 g/mol. The molecule has 0 amide bonds. The molecule has 0 atom stereocenters. The fraction of sp³-hybridized carbons (Fsp3) is 0.467. The molecule has 0 N–H and O–H groups in total. The Kier molecular flexibility index (Phi) is 2.79. The van der Waals surface area contributed by atoms with Crippen LogP contribution in [-0.4, -0.2) is 4.57 Å². The van der Waals surface area contributed by atoms with Crippen LogP contribution in [0.4, 0.5) is 0 Å². The Balaban J connectivity index is 2.76. The molecule has 1 heteroatoms. The third-order valence-corrected chi connectivity index (χ3v) is 3.31. The molecule has 0 unspecified atom stereocenters. The molecule has 1 heterocycles. The summed E-state index contributed by atoms with van der Waals surface area (Å²) >= 11 is 0. The maximum atomic E-state index is 2.37. The van der Waals surface area contributed by atoms with Crippen LogP contribution >= 0.6 is 0 Å². The highest BCUT2D eigenvalue weighted by Gasteiger charge is 2.11. The van der Waals surface area contributed by atoms with Gasteiger partial charge in [0.2, 0.25) is 0 Å². The Bertz CT molecular complexity index is 503. The molecule has 0 aliphatic carbocycles. The minimum absolute atomic E-state index is 0.579. The molecule has 0 saturated carbocycles. The topological polar surface area (TPSA) is 4.93 Å². The predicted octanol–water partition coefficient (Wildman–Crippen LogP) is 4.43. The Labute approximate surface area is 98.1 Å². The first-order chi connectivity index (χ1) is 7.50. The van der Waals surface area contributed by atoms with Gasteiger partial charge in [-0.3, -0.25) is 0 Å². The van der Waals surface area contributed by atoms with E-state index in [0.717, 1.165) is 0 Å². The van der Waals surface area contributed by atoms with Crippen molar-refractivity contribution in [1.29, 1.82) is 0 Å². The summed E-state index contributed by atoms with van der Waals surface area (Å²) < 4.78 is 2.23. The SMILES string of the molecule is CC(C)c1cc(C(C)C)c2c(ccn2C)c1. The second-order valence-corrected chi connectivity index (χ2v) is 5.28. The number of hydrogen-bond donors (Lipinski definition) is 0. The molecule has 0 saturated heterocycles. The summed E-state index contributed by atoms with van der Waals surface area (Å²) in [5, 5.41) is 1.37. The first kappa shape index (κ1) is 11.3.